The molecule has 0 aliphatic carbocycles. The maximum absolute atomic E-state index is 13.0. The standard InChI is InChI=1S/C25H18N4O2/c30-23-15-26-25(28-23)29-24(31)20-14-22(27-21-9-5-4-8-19(20)21)18-12-10-17(11-13-18)16-6-2-1-3-7-16/h1-14H,15H2,(H2,26,28,29,30,31). The van der Waals surface area contributed by atoms with Crippen LogP contribution in [0.15, 0.2) is 89.9 Å². The summed E-state index contributed by atoms with van der Waals surface area (Å²) in [4.78, 5) is 33.1. The number of guanidine groups is 1. The summed E-state index contributed by atoms with van der Waals surface area (Å²) in [6, 6.07) is 27.5. The third kappa shape index (κ3) is 3.79. The molecule has 0 atom stereocenters. The summed E-state index contributed by atoms with van der Waals surface area (Å²) in [5.74, 6) is -0.416. The first kappa shape index (κ1) is 18.7. The van der Waals surface area contributed by atoms with Crippen LogP contribution in [0.2, 0.25) is 0 Å². The molecule has 4 aromatic rings. The minimum absolute atomic E-state index is 0.0196. The van der Waals surface area contributed by atoms with Crippen molar-refractivity contribution < 1.29 is 9.59 Å². The van der Waals surface area contributed by atoms with Crippen molar-refractivity contribution in [3.63, 3.8) is 0 Å². The highest BCUT2D eigenvalue weighted by atomic mass is 16.2. The van der Waals surface area contributed by atoms with Crippen LogP contribution >= 0.6 is 0 Å². The van der Waals surface area contributed by atoms with Gasteiger partial charge in [0.05, 0.1) is 16.8 Å². The second-order valence-electron chi connectivity index (χ2n) is 7.18. The van der Waals surface area contributed by atoms with Crippen LogP contribution in [0.3, 0.4) is 0 Å². The maximum atomic E-state index is 13.0. The number of nitrogens with zero attached hydrogens (tertiary/aromatic N) is 2. The summed E-state index contributed by atoms with van der Waals surface area (Å²) < 4.78 is 0. The first-order valence-electron chi connectivity index (χ1n) is 9.89. The van der Waals surface area contributed by atoms with Gasteiger partial charge in [-0.3, -0.25) is 20.2 Å². The number of aliphatic imine (C=N–C) groups is 1. The number of rotatable bonds is 3. The number of hydrogen-bond donors (Lipinski definition) is 2. The monoisotopic (exact) mass is 406 g/mol. The Morgan fingerprint density at radius 2 is 1.52 bits per heavy atom. The van der Waals surface area contributed by atoms with Crippen molar-refractivity contribution in [1.82, 2.24) is 15.6 Å². The van der Waals surface area contributed by atoms with Crippen LogP contribution in [-0.2, 0) is 4.79 Å². The molecule has 2 N–H and O–H groups in total. The molecule has 0 fully saturated rings. The Morgan fingerprint density at radius 1 is 0.839 bits per heavy atom. The van der Waals surface area contributed by atoms with E-state index in [0.29, 0.717) is 11.3 Å². The van der Waals surface area contributed by atoms with E-state index in [1.165, 1.54) is 0 Å². The molecule has 2 amide bonds. The lowest BCUT2D eigenvalue weighted by Gasteiger charge is -2.11. The van der Waals surface area contributed by atoms with E-state index >= 15 is 0 Å². The molecule has 0 saturated heterocycles. The molecule has 6 nitrogen and oxygen atoms in total. The number of carbonyl (C=O) groups excluding carboxylic acids is 2. The zero-order valence-electron chi connectivity index (χ0n) is 16.5. The molecule has 0 bridgehead atoms. The highest BCUT2D eigenvalue weighted by Crippen LogP contribution is 2.27. The Balaban J connectivity index is 1.52. The number of pyridine rings is 1. The van der Waals surface area contributed by atoms with E-state index < -0.39 is 0 Å². The van der Waals surface area contributed by atoms with Crippen molar-refractivity contribution in [2.75, 3.05) is 6.54 Å². The van der Waals surface area contributed by atoms with Crippen LogP contribution in [0, 0.1) is 0 Å². The number of amides is 2. The summed E-state index contributed by atoms with van der Waals surface area (Å²) in [6.45, 7) is 0.0196. The third-order valence-electron chi connectivity index (χ3n) is 5.12. The molecule has 2 heterocycles. The fourth-order valence-corrected chi connectivity index (χ4v) is 3.58. The van der Waals surface area contributed by atoms with Gasteiger partial charge in [-0.2, -0.15) is 0 Å². The lowest BCUT2D eigenvalue weighted by atomic mass is 10.0. The summed E-state index contributed by atoms with van der Waals surface area (Å²) in [5.41, 5.74) is 5.04. The van der Waals surface area contributed by atoms with Gasteiger partial charge in [-0.1, -0.05) is 72.8 Å². The molecule has 1 aliphatic heterocycles. The van der Waals surface area contributed by atoms with E-state index in [1.807, 2.05) is 66.7 Å². The lowest BCUT2D eigenvalue weighted by Crippen LogP contribution is -2.40. The van der Waals surface area contributed by atoms with Crippen LogP contribution in [0.4, 0.5) is 0 Å². The third-order valence-corrected chi connectivity index (χ3v) is 5.12. The summed E-state index contributed by atoms with van der Waals surface area (Å²) in [5, 5.41) is 5.94. The van der Waals surface area contributed by atoms with Crippen LogP contribution in [0.25, 0.3) is 33.3 Å². The number of benzene rings is 3. The van der Waals surface area contributed by atoms with Crippen molar-refractivity contribution in [2.24, 2.45) is 4.99 Å². The first-order valence-corrected chi connectivity index (χ1v) is 9.89. The summed E-state index contributed by atoms with van der Waals surface area (Å²) in [7, 11) is 0. The molecule has 0 radical (unpaired) electrons. The first-order chi connectivity index (χ1) is 15.2. The fourth-order valence-electron chi connectivity index (χ4n) is 3.58. The fraction of sp³-hybridized carbons (Fsp3) is 0.0400. The molecule has 150 valence electrons. The SMILES string of the molecule is O=C1CN=C(NC(=O)c2cc(-c3ccc(-c4ccccc4)cc3)nc3ccccc23)N1. The van der Waals surface area contributed by atoms with Gasteiger partial charge >= 0.3 is 0 Å². The zero-order chi connectivity index (χ0) is 21.2. The number of fused-ring (bicyclic) bond motifs is 1. The molecular formula is C25H18N4O2. The van der Waals surface area contributed by atoms with Crippen LogP contribution in [-0.4, -0.2) is 29.3 Å². The Morgan fingerprint density at radius 3 is 2.26 bits per heavy atom. The van der Waals surface area contributed by atoms with E-state index in [9.17, 15) is 9.59 Å². The molecule has 6 heteroatoms. The number of nitrogens with one attached hydrogen (secondary N) is 2. The second-order valence-corrected chi connectivity index (χ2v) is 7.18. The second kappa shape index (κ2) is 7.84. The maximum Gasteiger partial charge on any atom is 0.258 e. The molecule has 3 aromatic carbocycles. The van der Waals surface area contributed by atoms with E-state index in [-0.39, 0.29) is 24.3 Å². The van der Waals surface area contributed by atoms with Crippen molar-refractivity contribution in [3.05, 3.63) is 90.5 Å². The predicted molar refractivity (Wildman–Crippen MR) is 121 cm³/mol. The van der Waals surface area contributed by atoms with E-state index in [2.05, 4.69) is 27.8 Å². The van der Waals surface area contributed by atoms with Gasteiger partial charge in [0.25, 0.3) is 5.91 Å². The number of aromatic nitrogens is 1. The smallest absolute Gasteiger partial charge is 0.258 e. The van der Waals surface area contributed by atoms with Gasteiger partial charge in [0.1, 0.15) is 6.54 Å². The van der Waals surface area contributed by atoms with E-state index in [0.717, 1.165) is 27.6 Å². The van der Waals surface area contributed by atoms with Crippen LogP contribution < -0.4 is 10.6 Å². The average molecular weight is 406 g/mol. The quantitative estimate of drug-likeness (QED) is 0.543. The topological polar surface area (TPSA) is 83.5 Å². The van der Waals surface area contributed by atoms with Crippen molar-refractivity contribution >= 4 is 28.7 Å². The average Bonchev–Trinajstić information content (AvgIpc) is 3.23. The van der Waals surface area contributed by atoms with Crippen molar-refractivity contribution in [2.45, 2.75) is 0 Å². The van der Waals surface area contributed by atoms with Gasteiger partial charge < -0.3 is 0 Å². The Labute approximate surface area is 178 Å². The Bertz CT molecular complexity index is 1330. The Kier molecular flexibility index (Phi) is 4.72. The van der Waals surface area contributed by atoms with Gasteiger partial charge in [-0.05, 0) is 23.3 Å². The van der Waals surface area contributed by atoms with E-state index in [4.69, 9.17) is 4.98 Å². The minimum Gasteiger partial charge on any atom is -0.295 e. The normalized spacial score (nSPS) is 13.0. The molecule has 0 spiro atoms. The highest BCUT2D eigenvalue weighted by molar-refractivity contribution is 6.16. The van der Waals surface area contributed by atoms with Gasteiger partial charge in [0.15, 0.2) is 0 Å². The molecule has 31 heavy (non-hydrogen) atoms. The van der Waals surface area contributed by atoms with Crippen molar-refractivity contribution in [1.29, 1.82) is 0 Å². The number of hydrogen-bond acceptors (Lipinski definition) is 4. The summed E-state index contributed by atoms with van der Waals surface area (Å²) in [6.07, 6.45) is 0. The number of para-hydroxylation sites is 1. The largest absolute Gasteiger partial charge is 0.295 e. The minimum atomic E-state index is -0.346. The van der Waals surface area contributed by atoms with Crippen LogP contribution in [0.5, 0.6) is 0 Å². The van der Waals surface area contributed by atoms with E-state index in [1.54, 1.807) is 6.07 Å². The van der Waals surface area contributed by atoms with Gasteiger partial charge in [0, 0.05) is 10.9 Å². The highest BCUT2D eigenvalue weighted by Gasteiger charge is 2.19. The van der Waals surface area contributed by atoms with Gasteiger partial charge in [-0.25, -0.2) is 9.98 Å². The molecule has 5 rings (SSSR count). The van der Waals surface area contributed by atoms with Crippen LogP contribution in [0.1, 0.15) is 10.4 Å². The van der Waals surface area contributed by atoms with Crippen molar-refractivity contribution in [3.8, 4) is 22.4 Å². The lowest BCUT2D eigenvalue weighted by molar-refractivity contribution is -0.117. The predicted octanol–water partition coefficient (Wildman–Crippen LogP) is 3.78. The number of carbonyl (C=O) groups is 2. The molecule has 0 saturated carbocycles. The molecular weight excluding hydrogens is 388 g/mol. The molecule has 0 unspecified atom stereocenters. The van der Waals surface area contributed by atoms with Gasteiger partial charge in [-0.15, -0.1) is 0 Å². The zero-order valence-corrected chi connectivity index (χ0v) is 16.5. The summed E-state index contributed by atoms with van der Waals surface area (Å²) >= 11 is 0. The van der Waals surface area contributed by atoms with Gasteiger partial charge in [0.2, 0.25) is 11.9 Å². The Hall–Kier alpha value is -4.32. The molecule has 1 aliphatic rings. The molecule has 1 aromatic heterocycles.